The molecule has 1 heterocycles. The number of halogens is 1. The van der Waals surface area contributed by atoms with Crippen molar-refractivity contribution in [3.05, 3.63) is 29.3 Å². The minimum Gasteiger partial charge on any atom is -0.225 e. The van der Waals surface area contributed by atoms with Gasteiger partial charge in [0, 0.05) is 5.69 Å². The summed E-state index contributed by atoms with van der Waals surface area (Å²) in [6.45, 7) is 4.04. The maximum Gasteiger partial charge on any atom is 0.213 e. The Hall–Kier alpha value is -0.920. The van der Waals surface area contributed by atoms with Gasteiger partial charge in [-0.1, -0.05) is 19.9 Å². The molecule has 0 aliphatic carbocycles. The highest BCUT2D eigenvalue weighted by molar-refractivity contribution is 5.19. The predicted molar refractivity (Wildman–Crippen MR) is 43.0 cm³/mol. The molecule has 0 aliphatic heterocycles. The van der Waals surface area contributed by atoms with E-state index in [0.717, 1.165) is 24.1 Å². The molecular formula is C9H12FN. The molecule has 0 N–H and O–H groups in total. The molecule has 0 spiro atoms. The molecule has 2 heteroatoms. The molecular weight excluding hydrogens is 141 g/mol. The van der Waals surface area contributed by atoms with Crippen molar-refractivity contribution < 1.29 is 4.39 Å². The van der Waals surface area contributed by atoms with Crippen LogP contribution < -0.4 is 0 Å². The molecule has 0 atom stereocenters. The maximum absolute atomic E-state index is 12.6. The standard InChI is InChI=1S/C9H12FN/c1-3-7-5-6-9(10)11-8(7)4-2/h5-6H,3-4H2,1-2H3. The van der Waals surface area contributed by atoms with Crippen LogP contribution >= 0.6 is 0 Å². The van der Waals surface area contributed by atoms with Crippen LogP contribution in [0.3, 0.4) is 0 Å². The Labute approximate surface area is 66.3 Å². The highest BCUT2D eigenvalue weighted by Gasteiger charge is 2.00. The molecule has 1 nitrogen and oxygen atoms in total. The van der Waals surface area contributed by atoms with E-state index in [0.29, 0.717) is 0 Å². The molecule has 0 saturated carbocycles. The zero-order chi connectivity index (χ0) is 8.27. The molecule has 0 saturated heterocycles. The number of aromatic nitrogens is 1. The normalized spacial score (nSPS) is 10.1. The highest BCUT2D eigenvalue weighted by Crippen LogP contribution is 2.08. The number of nitrogens with zero attached hydrogens (tertiary/aromatic N) is 1. The molecule has 11 heavy (non-hydrogen) atoms. The summed E-state index contributed by atoms with van der Waals surface area (Å²) in [5.41, 5.74) is 2.03. The van der Waals surface area contributed by atoms with E-state index >= 15 is 0 Å². The van der Waals surface area contributed by atoms with Crippen LogP contribution in [0, 0.1) is 5.95 Å². The average molecular weight is 153 g/mol. The molecule has 1 aromatic heterocycles. The van der Waals surface area contributed by atoms with Crippen LogP contribution in [0.4, 0.5) is 4.39 Å². The minimum absolute atomic E-state index is 0.376. The van der Waals surface area contributed by atoms with Gasteiger partial charge in [0.15, 0.2) is 0 Å². The summed E-state index contributed by atoms with van der Waals surface area (Å²) < 4.78 is 12.6. The van der Waals surface area contributed by atoms with Crippen LogP contribution in [-0.2, 0) is 12.8 Å². The molecule has 0 radical (unpaired) electrons. The van der Waals surface area contributed by atoms with Crippen molar-refractivity contribution in [2.24, 2.45) is 0 Å². The van der Waals surface area contributed by atoms with Crippen LogP contribution in [-0.4, -0.2) is 4.98 Å². The van der Waals surface area contributed by atoms with E-state index in [4.69, 9.17) is 0 Å². The second-order valence-electron chi connectivity index (χ2n) is 2.45. The van der Waals surface area contributed by atoms with Crippen LogP contribution in [0.15, 0.2) is 12.1 Å². The van der Waals surface area contributed by atoms with Crippen LogP contribution in [0.5, 0.6) is 0 Å². The Bertz CT molecular complexity index is 245. The molecule has 60 valence electrons. The van der Waals surface area contributed by atoms with Gasteiger partial charge in [0.1, 0.15) is 0 Å². The van der Waals surface area contributed by atoms with Crippen molar-refractivity contribution in [2.75, 3.05) is 0 Å². The summed E-state index contributed by atoms with van der Waals surface area (Å²) in [5, 5.41) is 0. The van der Waals surface area contributed by atoms with Gasteiger partial charge in [0.2, 0.25) is 5.95 Å². The molecule has 1 aromatic rings. The quantitative estimate of drug-likeness (QED) is 0.594. The van der Waals surface area contributed by atoms with Gasteiger partial charge in [-0.2, -0.15) is 4.39 Å². The fourth-order valence-corrected chi connectivity index (χ4v) is 1.13. The Morgan fingerprint density at radius 3 is 2.55 bits per heavy atom. The van der Waals surface area contributed by atoms with E-state index in [9.17, 15) is 4.39 Å². The van der Waals surface area contributed by atoms with Gasteiger partial charge < -0.3 is 0 Å². The number of aryl methyl sites for hydroxylation is 2. The monoisotopic (exact) mass is 153 g/mol. The molecule has 0 bridgehead atoms. The van der Waals surface area contributed by atoms with Crippen molar-refractivity contribution in [3.8, 4) is 0 Å². The van der Waals surface area contributed by atoms with Gasteiger partial charge in [-0.05, 0) is 24.5 Å². The second kappa shape index (κ2) is 3.46. The van der Waals surface area contributed by atoms with E-state index in [1.807, 2.05) is 13.8 Å². The number of rotatable bonds is 2. The largest absolute Gasteiger partial charge is 0.225 e. The number of hydrogen-bond acceptors (Lipinski definition) is 1. The van der Waals surface area contributed by atoms with Gasteiger partial charge in [0.05, 0.1) is 0 Å². The van der Waals surface area contributed by atoms with E-state index in [1.165, 1.54) is 6.07 Å². The highest BCUT2D eigenvalue weighted by atomic mass is 19.1. The van der Waals surface area contributed by atoms with Gasteiger partial charge in [0.25, 0.3) is 0 Å². The molecule has 0 aliphatic rings. The van der Waals surface area contributed by atoms with Crippen molar-refractivity contribution in [1.29, 1.82) is 0 Å². The first-order valence-corrected chi connectivity index (χ1v) is 3.92. The lowest BCUT2D eigenvalue weighted by Gasteiger charge is -2.02. The third-order valence-corrected chi connectivity index (χ3v) is 1.75. The predicted octanol–water partition coefficient (Wildman–Crippen LogP) is 2.35. The fraction of sp³-hybridized carbons (Fsp3) is 0.444. The lowest BCUT2D eigenvalue weighted by molar-refractivity contribution is 0.575. The van der Waals surface area contributed by atoms with Crippen molar-refractivity contribution >= 4 is 0 Å². The summed E-state index contributed by atoms with van der Waals surface area (Å²) in [6, 6.07) is 3.22. The molecule has 1 rings (SSSR count). The SMILES string of the molecule is CCc1ccc(F)nc1CC. The van der Waals surface area contributed by atoms with Crippen LogP contribution in [0.1, 0.15) is 25.1 Å². The minimum atomic E-state index is -0.376. The van der Waals surface area contributed by atoms with Gasteiger partial charge in [-0.3, -0.25) is 0 Å². The molecule has 0 unspecified atom stereocenters. The first kappa shape index (κ1) is 8.18. The molecule has 0 aromatic carbocycles. The smallest absolute Gasteiger partial charge is 0.213 e. The van der Waals surface area contributed by atoms with Gasteiger partial charge in [-0.15, -0.1) is 0 Å². The van der Waals surface area contributed by atoms with E-state index in [1.54, 1.807) is 6.07 Å². The molecule has 0 amide bonds. The number of hydrogen-bond donors (Lipinski definition) is 0. The van der Waals surface area contributed by atoms with Gasteiger partial charge in [-0.25, -0.2) is 4.98 Å². The van der Waals surface area contributed by atoms with E-state index in [2.05, 4.69) is 4.98 Å². The maximum atomic E-state index is 12.6. The third kappa shape index (κ3) is 1.76. The van der Waals surface area contributed by atoms with Crippen LogP contribution in [0.2, 0.25) is 0 Å². The lowest BCUT2D eigenvalue weighted by Crippen LogP contribution is -1.96. The number of pyridine rings is 1. The zero-order valence-corrected chi connectivity index (χ0v) is 6.89. The zero-order valence-electron chi connectivity index (χ0n) is 6.89. The Morgan fingerprint density at radius 1 is 1.27 bits per heavy atom. The first-order valence-electron chi connectivity index (χ1n) is 3.92. The Morgan fingerprint density at radius 2 is 2.00 bits per heavy atom. The van der Waals surface area contributed by atoms with Crippen molar-refractivity contribution in [3.63, 3.8) is 0 Å². The van der Waals surface area contributed by atoms with E-state index in [-0.39, 0.29) is 5.95 Å². The summed E-state index contributed by atoms with van der Waals surface area (Å²) >= 11 is 0. The lowest BCUT2D eigenvalue weighted by atomic mass is 10.1. The summed E-state index contributed by atoms with van der Waals surface area (Å²) in [6.07, 6.45) is 1.73. The summed E-state index contributed by atoms with van der Waals surface area (Å²) in [7, 11) is 0. The average Bonchev–Trinajstić information content (AvgIpc) is 2.04. The van der Waals surface area contributed by atoms with E-state index < -0.39 is 0 Å². The second-order valence-corrected chi connectivity index (χ2v) is 2.45. The molecule has 0 fully saturated rings. The Balaban J connectivity index is 3.06. The summed E-state index contributed by atoms with van der Waals surface area (Å²) in [5.74, 6) is -0.376. The topological polar surface area (TPSA) is 12.9 Å². The fourth-order valence-electron chi connectivity index (χ4n) is 1.13. The van der Waals surface area contributed by atoms with Gasteiger partial charge >= 0.3 is 0 Å². The first-order chi connectivity index (χ1) is 5.27. The Kier molecular flexibility index (Phi) is 2.58. The van der Waals surface area contributed by atoms with Crippen LogP contribution in [0.25, 0.3) is 0 Å². The third-order valence-electron chi connectivity index (χ3n) is 1.75. The van der Waals surface area contributed by atoms with Crippen molar-refractivity contribution in [2.45, 2.75) is 26.7 Å². The van der Waals surface area contributed by atoms with Crippen molar-refractivity contribution in [1.82, 2.24) is 4.98 Å². The summed E-state index contributed by atoms with van der Waals surface area (Å²) in [4.78, 5) is 3.80.